The van der Waals surface area contributed by atoms with Crippen LogP contribution in [0.15, 0.2) is 18.3 Å². The van der Waals surface area contributed by atoms with E-state index in [0.29, 0.717) is 25.4 Å². The molecule has 0 saturated carbocycles. The zero-order valence-electron chi connectivity index (χ0n) is 10.8. The molecule has 0 aromatic carbocycles. The van der Waals surface area contributed by atoms with E-state index in [9.17, 15) is 9.59 Å². The summed E-state index contributed by atoms with van der Waals surface area (Å²) >= 11 is 0. The Morgan fingerprint density at radius 2 is 2.22 bits per heavy atom. The number of hydrogen-bond donors (Lipinski definition) is 0. The van der Waals surface area contributed by atoms with E-state index in [0.717, 1.165) is 6.42 Å². The molecule has 0 aliphatic carbocycles. The molecular weight excluding hydrogens is 232 g/mol. The monoisotopic (exact) mass is 250 g/mol. The molecule has 2 rings (SSSR count). The lowest BCUT2D eigenvalue weighted by Crippen LogP contribution is -2.40. The van der Waals surface area contributed by atoms with Crippen LogP contribution >= 0.6 is 0 Å². The third kappa shape index (κ3) is 2.61. The van der Waals surface area contributed by atoms with Gasteiger partial charge in [-0.2, -0.15) is 0 Å². The molecule has 1 aliphatic rings. The Morgan fingerprint density at radius 3 is 2.89 bits per heavy atom. The summed E-state index contributed by atoms with van der Waals surface area (Å²) in [5.41, 5.74) is 0.429. The number of ether oxygens (including phenoxy) is 1. The van der Waals surface area contributed by atoms with Crippen molar-refractivity contribution in [1.29, 1.82) is 0 Å². The molecule has 1 aromatic rings. The molecule has 2 heterocycles. The summed E-state index contributed by atoms with van der Waals surface area (Å²) in [5.74, 6) is -0.884. The molecule has 1 atom stereocenters. The van der Waals surface area contributed by atoms with E-state index in [1.54, 1.807) is 34.8 Å². The molecule has 1 aromatic heterocycles. The van der Waals surface area contributed by atoms with Gasteiger partial charge in [0.1, 0.15) is 0 Å². The Morgan fingerprint density at radius 1 is 1.44 bits per heavy atom. The third-order valence-electron chi connectivity index (χ3n) is 3.11. The van der Waals surface area contributed by atoms with Gasteiger partial charge in [-0.15, -0.1) is 0 Å². The number of carbonyl (C=O) groups excluding carboxylic acids is 2. The van der Waals surface area contributed by atoms with Crippen molar-refractivity contribution in [2.75, 3.05) is 19.7 Å². The molecular formula is C13H18N2O3. The van der Waals surface area contributed by atoms with Gasteiger partial charge in [-0.25, -0.2) is 0 Å². The van der Waals surface area contributed by atoms with Crippen LogP contribution in [-0.4, -0.2) is 47.0 Å². The molecule has 5 heteroatoms. The van der Waals surface area contributed by atoms with Gasteiger partial charge in [0.15, 0.2) is 0 Å². The second-order valence-corrected chi connectivity index (χ2v) is 4.62. The molecule has 1 unspecified atom stereocenters. The van der Waals surface area contributed by atoms with Crippen molar-refractivity contribution in [3.63, 3.8) is 0 Å². The van der Waals surface area contributed by atoms with Gasteiger partial charge in [0.25, 0.3) is 11.7 Å². The molecule has 1 amide bonds. The number of Topliss-reactive ketones (excluding diaryl/α,β-unsaturated/α-hetero) is 1. The van der Waals surface area contributed by atoms with E-state index < -0.39 is 11.7 Å². The van der Waals surface area contributed by atoms with Crippen LogP contribution in [0.5, 0.6) is 0 Å². The topological polar surface area (TPSA) is 51.5 Å². The van der Waals surface area contributed by atoms with E-state index in [-0.39, 0.29) is 6.10 Å². The van der Waals surface area contributed by atoms with Crippen molar-refractivity contribution in [3.8, 4) is 0 Å². The maximum absolute atomic E-state index is 12.2. The predicted octanol–water partition coefficient (Wildman–Crippen LogP) is 0.845. The first-order valence-electron chi connectivity index (χ1n) is 6.16. The normalized spacial score (nSPS) is 20.6. The average molecular weight is 250 g/mol. The number of rotatable bonds is 2. The highest BCUT2D eigenvalue weighted by Crippen LogP contribution is 2.09. The molecule has 1 saturated heterocycles. The highest BCUT2D eigenvalue weighted by molar-refractivity contribution is 6.42. The van der Waals surface area contributed by atoms with Crippen molar-refractivity contribution in [2.24, 2.45) is 7.05 Å². The van der Waals surface area contributed by atoms with E-state index in [2.05, 4.69) is 0 Å². The molecule has 18 heavy (non-hydrogen) atoms. The Balaban J connectivity index is 2.11. The van der Waals surface area contributed by atoms with Crippen molar-refractivity contribution >= 4 is 11.7 Å². The second kappa shape index (κ2) is 5.35. The second-order valence-electron chi connectivity index (χ2n) is 4.62. The van der Waals surface area contributed by atoms with Crippen LogP contribution in [0.2, 0.25) is 0 Å². The highest BCUT2D eigenvalue weighted by atomic mass is 16.5. The number of carbonyl (C=O) groups is 2. The summed E-state index contributed by atoms with van der Waals surface area (Å²) < 4.78 is 7.13. The lowest BCUT2D eigenvalue weighted by Gasteiger charge is -2.21. The average Bonchev–Trinajstić information content (AvgIpc) is 2.65. The first-order valence-corrected chi connectivity index (χ1v) is 6.16. The summed E-state index contributed by atoms with van der Waals surface area (Å²) in [6.45, 7) is 3.62. The van der Waals surface area contributed by atoms with Crippen LogP contribution in [0, 0.1) is 0 Å². The lowest BCUT2D eigenvalue weighted by molar-refractivity contribution is -0.127. The van der Waals surface area contributed by atoms with Gasteiger partial charge < -0.3 is 14.2 Å². The van der Waals surface area contributed by atoms with Crippen LogP contribution < -0.4 is 0 Å². The Labute approximate surface area is 106 Å². The van der Waals surface area contributed by atoms with E-state index >= 15 is 0 Å². The summed E-state index contributed by atoms with van der Waals surface area (Å²) in [7, 11) is 1.76. The van der Waals surface area contributed by atoms with E-state index in [4.69, 9.17) is 4.74 Å². The van der Waals surface area contributed by atoms with Crippen LogP contribution in [0.4, 0.5) is 0 Å². The van der Waals surface area contributed by atoms with E-state index in [1.165, 1.54) is 0 Å². The van der Waals surface area contributed by atoms with Gasteiger partial charge >= 0.3 is 0 Å². The fourth-order valence-electron chi connectivity index (χ4n) is 2.13. The van der Waals surface area contributed by atoms with Crippen LogP contribution in [0.1, 0.15) is 23.8 Å². The maximum atomic E-state index is 12.2. The first-order chi connectivity index (χ1) is 8.59. The SMILES string of the molecule is CC1CN(C(=O)C(=O)c2cccn2C)CCCO1. The van der Waals surface area contributed by atoms with Crippen molar-refractivity contribution < 1.29 is 14.3 Å². The third-order valence-corrected chi connectivity index (χ3v) is 3.11. The van der Waals surface area contributed by atoms with Gasteiger partial charge in [0.2, 0.25) is 0 Å². The predicted molar refractivity (Wildman–Crippen MR) is 66.4 cm³/mol. The first kappa shape index (κ1) is 12.8. The van der Waals surface area contributed by atoms with Crippen molar-refractivity contribution in [1.82, 2.24) is 9.47 Å². The number of amides is 1. The highest BCUT2D eigenvalue weighted by Gasteiger charge is 2.27. The fraction of sp³-hybridized carbons (Fsp3) is 0.538. The quantitative estimate of drug-likeness (QED) is 0.577. The molecule has 0 N–H and O–H groups in total. The minimum atomic E-state index is -0.448. The number of nitrogens with zero attached hydrogens (tertiary/aromatic N) is 2. The molecule has 5 nitrogen and oxygen atoms in total. The standard InChI is InChI=1S/C13H18N2O3/c1-10-9-15(7-4-8-18-10)13(17)12(16)11-5-3-6-14(11)2/h3,5-6,10H,4,7-9H2,1-2H3. The molecule has 0 spiro atoms. The minimum Gasteiger partial charge on any atom is -0.377 e. The lowest BCUT2D eigenvalue weighted by atomic mass is 10.2. The van der Waals surface area contributed by atoms with Crippen LogP contribution in [-0.2, 0) is 16.6 Å². The van der Waals surface area contributed by atoms with Crippen molar-refractivity contribution in [3.05, 3.63) is 24.0 Å². The van der Waals surface area contributed by atoms with Gasteiger partial charge in [-0.3, -0.25) is 9.59 Å². The molecule has 98 valence electrons. The number of hydrogen-bond acceptors (Lipinski definition) is 3. The molecule has 1 fully saturated rings. The summed E-state index contributed by atoms with van der Waals surface area (Å²) in [6.07, 6.45) is 2.52. The maximum Gasteiger partial charge on any atom is 0.296 e. The van der Waals surface area contributed by atoms with Gasteiger partial charge in [-0.05, 0) is 25.5 Å². The summed E-state index contributed by atoms with van der Waals surface area (Å²) in [6, 6.07) is 3.42. The van der Waals surface area contributed by atoms with Crippen molar-refractivity contribution in [2.45, 2.75) is 19.4 Å². The molecule has 0 radical (unpaired) electrons. The van der Waals surface area contributed by atoms with Gasteiger partial charge in [0, 0.05) is 32.9 Å². The zero-order chi connectivity index (χ0) is 13.1. The fourth-order valence-corrected chi connectivity index (χ4v) is 2.13. The Kier molecular flexibility index (Phi) is 3.81. The smallest absolute Gasteiger partial charge is 0.296 e. The number of ketones is 1. The van der Waals surface area contributed by atoms with Gasteiger partial charge in [0.05, 0.1) is 11.8 Å². The number of aromatic nitrogens is 1. The van der Waals surface area contributed by atoms with Crippen LogP contribution in [0.3, 0.4) is 0 Å². The minimum absolute atomic E-state index is 0.0161. The Bertz CT molecular complexity index is 453. The molecule has 1 aliphatic heterocycles. The number of aryl methyl sites for hydroxylation is 1. The largest absolute Gasteiger partial charge is 0.377 e. The van der Waals surface area contributed by atoms with Crippen LogP contribution in [0.25, 0.3) is 0 Å². The zero-order valence-corrected chi connectivity index (χ0v) is 10.8. The van der Waals surface area contributed by atoms with Gasteiger partial charge in [-0.1, -0.05) is 0 Å². The molecule has 0 bridgehead atoms. The Hall–Kier alpha value is -1.62. The summed E-state index contributed by atoms with van der Waals surface area (Å²) in [5, 5.41) is 0. The summed E-state index contributed by atoms with van der Waals surface area (Å²) in [4.78, 5) is 25.8. The van der Waals surface area contributed by atoms with E-state index in [1.807, 2.05) is 6.92 Å².